The Bertz CT molecular complexity index is 430. The number of carbonyl (C=O) groups excluding carboxylic acids is 1. The molecule has 2 N–H and O–H groups in total. The van der Waals surface area contributed by atoms with Gasteiger partial charge in [0.25, 0.3) is 0 Å². The van der Waals surface area contributed by atoms with E-state index in [0.717, 1.165) is 5.69 Å². The van der Waals surface area contributed by atoms with Gasteiger partial charge in [0.15, 0.2) is 0 Å². The van der Waals surface area contributed by atoms with Crippen LogP contribution in [-0.4, -0.2) is 31.7 Å². The molecule has 0 aliphatic heterocycles. The third kappa shape index (κ3) is 4.56. The first-order chi connectivity index (χ1) is 8.86. The van der Waals surface area contributed by atoms with Gasteiger partial charge in [-0.05, 0) is 44.9 Å². The first-order valence-corrected chi connectivity index (χ1v) is 6.60. The van der Waals surface area contributed by atoms with Crippen molar-refractivity contribution in [1.29, 1.82) is 0 Å². The highest BCUT2D eigenvalue weighted by atomic mass is 16.5. The standard InChI is InChI=1S/C15H24N2O2/c1-5-19-14(18)15(3,16)9-10-17(4)13-8-6-7-12(2)11-13/h6-8,11H,5,9-10,16H2,1-4H3. The van der Waals surface area contributed by atoms with Crippen molar-refractivity contribution in [3.63, 3.8) is 0 Å². The van der Waals surface area contributed by atoms with Gasteiger partial charge in [0.1, 0.15) is 5.54 Å². The second-order valence-corrected chi connectivity index (χ2v) is 5.15. The maximum absolute atomic E-state index is 11.7. The molecule has 0 fully saturated rings. The molecule has 106 valence electrons. The lowest BCUT2D eigenvalue weighted by Crippen LogP contribution is -2.48. The SMILES string of the molecule is CCOC(=O)C(C)(N)CCN(C)c1cccc(C)c1. The Labute approximate surface area is 115 Å². The predicted octanol–water partition coefficient (Wildman–Crippen LogP) is 2.10. The number of carbonyl (C=O) groups is 1. The van der Waals surface area contributed by atoms with Crippen LogP contribution in [0.1, 0.15) is 25.8 Å². The Hall–Kier alpha value is -1.55. The molecule has 1 rings (SSSR count). The molecule has 4 heteroatoms. The number of hydrogen-bond acceptors (Lipinski definition) is 4. The van der Waals surface area contributed by atoms with Gasteiger partial charge >= 0.3 is 5.97 Å². The minimum atomic E-state index is -0.936. The van der Waals surface area contributed by atoms with Gasteiger partial charge < -0.3 is 15.4 Å². The quantitative estimate of drug-likeness (QED) is 0.799. The van der Waals surface area contributed by atoms with Crippen LogP contribution < -0.4 is 10.6 Å². The van der Waals surface area contributed by atoms with Crippen molar-refractivity contribution in [1.82, 2.24) is 0 Å². The van der Waals surface area contributed by atoms with E-state index in [1.165, 1.54) is 5.56 Å². The summed E-state index contributed by atoms with van der Waals surface area (Å²) >= 11 is 0. The summed E-state index contributed by atoms with van der Waals surface area (Å²) in [5.74, 6) is -0.340. The van der Waals surface area contributed by atoms with Gasteiger partial charge in [-0.15, -0.1) is 0 Å². The smallest absolute Gasteiger partial charge is 0.325 e. The summed E-state index contributed by atoms with van der Waals surface area (Å²) in [6.07, 6.45) is 0.552. The van der Waals surface area contributed by atoms with E-state index in [1.807, 2.05) is 19.2 Å². The molecule has 0 aromatic heterocycles. The molecule has 1 unspecified atom stereocenters. The van der Waals surface area contributed by atoms with Gasteiger partial charge in [0.05, 0.1) is 6.61 Å². The summed E-state index contributed by atoms with van der Waals surface area (Å²) < 4.78 is 4.98. The topological polar surface area (TPSA) is 55.6 Å². The van der Waals surface area contributed by atoms with E-state index in [-0.39, 0.29) is 5.97 Å². The first-order valence-electron chi connectivity index (χ1n) is 6.60. The van der Waals surface area contributed by atoms with Gasteiger partial charge in [-0.1, -0.05) is 12.1 Å². The molecule has 0 bridgehead atoms. The maximum Gasteiger partial charge on any atom is 0.325 e. The van der Waals surface area contributed by atoms with Crippen LogP contribution in [0.2, 0.25) is 0 Å². The second-order valence-electron chi connectivity index (χ2n) is 5.15. The lowest BCUT2D eigenvalue weighted by molar-refractivity contribution is -0.149. The number of rotatable bonds is 6. The van der Waals surface area contributed by atoms with Crippen LogP contribution in [0.5, 0.6) is 0 Å². The van der Waals surface area contributed by atoms with Crippen LogP contribution in [0.3, 0.4) is 0 Å². The average Bonchev–Trinajstić information content (AvgIpc) is 2.36. The largest absolute Gasteiger partial charge is 0.465 e. The first kappa shape index (κ1) is 15.5. The third-order valence-electron chi connectivity index (χ3n) is 3.15. The van der Waals surface area contributed by atoms with E-state index >= 15 is 0 Å². The lowest BCUT2D eigenvalue weighted by atomic mass is 9.99. The van der Waals surface area contributed by atoms with E-state index in [9.17, 15) is 4.79 Å². The highest BCUT2D eigenvalue weighted by molar-refractivity contribution is 5.80. The number of hydrogen-bond donors (Lipinski definition) is 1. The predicted molar refractivity (Wildman–Crippen MR) is 78.3 cm³/mol. The number of benzene rings is 1. The lowest BCUT2D eigenvalue weighted by Gasteiger charge is -2.26. The number of ether oxygens (including phenoxy) is 1. The second kappa shape index (κ2) is 6.57. The molecule has 0 heterocycles. The molecule has 0 spiro atoms. The van der Waals surface area contributed by atoms with Crippen molar-refractivity contribution >= 4 is 11.7 Å². The molecule has 0 radical (unpaired) electrons. The van der Waals surface area contributed by atoms with Crippen molar-refractivity contribution in [3.8, 4) is 0 Å². The Morgan fingerprint density at radius 2 is 2.16 bits per heavy atom. The number of anilines is 1. The molecule has 0 aliphatic rings. The fourth-order valence-electron chi connectivity index (χ4n) is 1.79. The number of nitrogens with two attached hydrogens (primary N) is 1. The highest BCUT2D eigenvalue weighted by Gasteiger charge is 2.29. The summed E-state index contributed by atoms with van der Waals surface area (Å²) in [5.41, 5.74) is 7.40. The monoisotopic (exact) mass is 264 g/mol. The van der Waals surface area contributed by atoms with E-state index in [2.05, 4.69) is 24.0 Å². The van der Waals surface area contributed by atoms with Crippen molar-refractivity contribution < 1.29 is 9.53 Å². The number of aryl methyl sites for hydroxylation is 1. The van der Waals surface area contributed by atoms with Gasteiger partial charge in [-0.2, -0.15) is 0 Å². The Morgan fingerprint density at radius 1 is 1.47 bits per heavy atom. The van der Waals surface area contributed by atoms with Gasteiger partial charge in [0.2, 0.25) is 0 Å². The molecular weight excluding hydrogens is 240 g/mol. The molecule has 0 amide bonds. The molecule has 1 aromatic carbocycles. The number of nitrogens with zero attached hydrogens (tertiary/aromatic N) is 1. The van der Waals surface area contributed by atoms with Crippen LogP contribution in [0, 0.1) is 6.92 Å². The zero-order valence-electron chi connectivity index (χ0n) is 12.3. The van der Waals surface area contributed by atoms with Crippen molar-refractivity contribution in [3.05, 3.63) is 29.8 Å². The molecule has 4 nitrogen and oxygen atoms in total. The molecule has 0 aliphatic carbocycles. The Balaban J connectivity index is 2.58. The minimum Gasteiger partial charge on any atom is -0.465 e. The zero-order valence-corrected chi connectivity index (χ0v) is 12.3. The van der Waals surface area contributed by atoms with Gasteiger partial charge in [0, 0.05) is 19.3 Å². The van der Waals surface area contributed by atoms with Crippen LogP contribution in [0.15, 0.2) is 24.3 Å². The molecule has 19 heavy (non-hydrogen) atoms. The fraction of sp³-hybridized carbons (Fsp3) is 0.533. The minimum absolute atomic E-state index is 0.340. The summed E-state index contributed by atoms with van der Waals surface area (Å²) in [6, 6.07) is 8.24. The third-order valence-corrected chi connectivity index (χ3v) is 3.15. The Morgan fingerprint density at radius 3 is 2.74 bits per heavy atom. The Kier molecular flexibility index (Phi) is 5.36. The average molecular weight is 264 g/mol. The fourth-order valence-corrected chi connectivity index (χ4v) is 1.79. The maximum atomic E-state index is 11.7. The zero-order chi connectivity index (χ0) is 14.5. The van der Waals surface area contributed by atoms with Gasteiger partial charge in [-0.3, -0.25) is 4.79 Å². The molecular formula is C15H24N2O2. The van der Waals surface area contributed by atoms with Crippen LogP contribution >= 0.6 is 0 Å². The van der Waals surface area contributed by atoms with E-state index < -0.39 is 5.54 Å². The summed E-state index contributed by atoms with van der Waals surface area (Å²) in [6.45, 7) is 6.62. The summed E-state index contributed by atoms with van der Waals surface area (Å²) in [5, 5.41) is 0. The van der Waals surface area contributed by atoms with E-state index in [1.54, 1.807) is 13.8 Å². The number of esters is 1. The van der Waals surface area contributed by atoms with Crippen LogP contribution in [-0.2, 0) is 9.53 Å². The summed E-state index contributed by atoms with van der Waals surface area (Å²) in [7, 11) is 2.00. The van der Waals surface area contributed by atoms with Crippen molar-refractivity contribution in [2.75, 3.05) is 25.1 Å². The van der Waals surface area contributed by atoms with Gasteiger partial charge in [-0.25, -0.2) is 0 Å². The van der Waals surface area contributed by atoms with E-state index in [0.29, 0.717) is 19.6 Å². The summed E-state index contributed by atoms with van der Waals surface area (Å²) in [4.78, 5) is 13.8. The van der Waals surface area contributed by atoms with Crippen LogP contribution in [0.25, 0.3) is 0 Å². The highest BCUT2D eigenvalue weighted by Crippen LogP contribution is 2.16. The van der Waals surface area contributed by atoms with Crippen LogP contribution in [0.4, 0.5) is 5.69 Å². The van der Waals surface area contributed by atoms with Crippen molar-refractivity contribution in [2.24, 2.45) is 5.73 Å². The molecule has 0 saturated heterocycles. The van der Waals surface area contributed by atoms with E-state index in [4.69, 9.17) is 10.5 Å². The van der Waals surface area contributed by atoms with Crippen molar-refractivity contribution in [2.45, 2.75) is 32.7 Å². The normalized spacial score (nSPS) is 13.7. The molecule has 1 atom stereocenters. The molecule has 0 saturated carbocycles. The molecule has 1 aromatic rings.